The second-order valence-electron chi connectivity index (χ2n) is 7.19. The number of hydrogen-bond acceptors (Lipinski definition) is 3. The second kappa shape index (κ2) is 10.8. The lowest BCUT2D eigenvalue weighted by molar-refractivity contribution is -0.116. The van der Waals surface area contributed by atoms with Crippen LogP contribution in [0, 0.1) is 5.92 Å². The Labute approximate surface area is 157 Å². The van der Waals surface area contributed by atoms with Crippen LogP contribution in [0.4, 0.5) is 5.69 Å². The first-order valence-electron chi connectivity index (χ1n) is 9.51. The summed E-state index contributed by atoms with van der Waals surface area (Å²) in [5.74, 6) is 0.829. The first kappa shape index (κ1) is 20.2. The summed E-state index contributed by atoms with van der Waals surface area (Å²) in [6.07, 6.45) is 9.46. The standard InChI is InChI=1S/C20H30N2O2.ClH/c23-20(10-7-16-11-13-21-14-12-16)22-18-8-5-17(6-9-18)15-24-19-3-1-2-4-19;/h5-6,8-9,16,19,21H,1-4,7,10-15H2,(H,22,23);1H. The predicted octanol–water partition coefficient (Wildman–Crippen LogP) is 4.29. The van der Waals surface area contributed by atoms with Gasteiger partial charge in [-0.3, -0.25) is 4.79 Å². The van der Waals surface area contributed by atoms with Crippen molar-refractivity contribution in [2.24, 2.45) is 5.92 Å². The molecule has 4 nitrogen and oxygen atoms in total. The van der Waals surface area contributed by atoms with Gasteiger partial charge in [-0.05, 0) is 68.8 Å². The van der Waals surface area contributed by atoms with Gasteiger partial charge in [0.05, 0.1) is 12.7 Å². The van der Waals surface area contributed by atoms with Gasteiger partial charge in [-0.15, -0.1) is 12.4 Å². The Balaban J connectivity index is 0.00000225. The fourth-order valence-corrected chi connectivity index (χ4v) is 3.68. The van der Waals surface area contributed by atoms with E-state index in [4.69, 9.17) is 4.74 Å². The van der Waals surface area contributed by atoms with E-state index >= 15 is 0 Å². The summed E-state index contributed by atoms with van der Waals surface area (Å²) in [5.41, 5.74) is 2.06. The van der Waals surface area contributed by atoms with E-state index in [1.165, 1.54) is 44.1 Å². The van der Waals surface area contributed by atoms with Crippen molar-refractivity contribution in [3.8, 4) is 0 Å². The lowest BCUT2D eigenvalue weighted by Crippen LogP contribution is -2.28. The summed E-state index contributed by atoms with van der Waals surface area (Å²) in [4.78, 5) is 12.1. The van der Waals surface area contributed by atoms with Gasteiger partial charge >= 0.3 is 0 Å². The number of rotatable bonds is 7. The first-order valence-corrected chi connectivity index (χ1v) is 9.51. The maximum atomic E-state index is 12.1. The highest BCUT2D eigenvalue weighted by Gasteiger charge is 2.16. The molecule has 2 N–H and O–H groups in total. The number of benzene rings is 1. The molecule has 1 saturated carbocycles. The number of carbonyl (C=O) groups excluding carboxylic acids is 1. The first-order chi connectivity index (χ1) is 11.8. The zero-order chi connectivity index (χ0) is 16.6. The van der Waals surface area contributed by atoms with Crippen LogP contribution in [0.5, 0.6) is 0 Å². The summed E-state index contributed by atoms with van der Waals surface area (Å²) >= 11 is 0. The zero-order valence-corrected chi connectivity index (χ0v) is 15.8. The SMILES string of the molecule is Cl.O=C(CCC1CCNCC1)Nc1ccc(COC2CCCC2)cc1. The molecular weight excluding hydrogens is 336 g/mol. The van der Waals surface area contributed by atoms with E-state index in [0.29, 0.717) is 25.0 Å². The maximum Gasteiger partial charge on any atom is 0.224 e. The van der Waals surface area contributed by atoms with Crippen molar-refractivity contribution in [3.63, 3.8) is 0 Å². The van der Waals surface area contributed by atoms with Gasteiger partial charge in [0.25, 0.3) is 0 Å². The van der Waals surface area contributed by atoms with E-state index in [9.17, 15) is 4.79 Å². The van der Waals surface area contributed by atoms with Crippen LogP contribution in [0.1, 0.15) is 56.9 Å². The molecule has 25 heavy (non-hydrogen) atoms. The van der Waals surface area contributed by atoms with Crippen LogP contribution in [0.3, 0.4) is 0 Å². The molecule has 1 aliphatic carbocycles. The summed E-state index contributed by atoms with van der Waals surface area (Å²) in [6, 6.07) is 8.07. The van der Waals surface area contributed by atoms with Crippen molar-refractivity contribution in [3.05, 3.63) is 29.8 Å². The highest BCUT2D eigenvalue weighted by Crippen LogP contribution is 2.22. The number of nitrogens with one attached hydrogen (secondary N) is 2. The van der Waals surface area contributed by atoms with E-state index in [1.54, 1.807) is 0 Å². The third-order valence-electron chi connectivity index (χ3n) is 5.26. The van der Waals surface area contributed by atoms with Gasteiger partial charge in [0.15, 0.2) is 0 Å². The summed E-state index contributed by atoms with van der Waals surface area (Å²) in [7, 11) is 0. The van der Waals surface area contributed by atoms with Crippen molar-refractivity contribution in [1.29, 1.82) is 0 Å². The van der Waals surface area contributed by atoms with Crippen LogP contribution in [0.15, 0.2) is 24.3 Å². The van der Waals surface area contributed by atoms with Gasteiger partial charge in [0.1, 0.15) is 0 Å². The van der Waals surface area contributed by atoms with Gasteiger partial charge in [-0.2, -0.15) is 0 Å². The molecular formula is C20H31ClN2O2. The monoisotopic (exact) mass is 366 g/mol. The Morgan fingerprint density at radius 2 is 1.76 bits per heavy atom. The molecule has 1 heterocycles. The molecule has 5 heteroatoms. The van der Waals surface area contributed by atoms with Crippen molar-refractivity contribution in [2.45, 2.75) is 64.1 Å². The lowest BCUT2D eigenvalue weighted by Gasteiger charge is -2.22. The van der Waals surface area contributed by atoms with Crippen LogP contribution in [0.2, 0.25) is 0 Å². The fourth-order valence-electron chi connectivity index (χ4n) is 3.68. The molecule has 3 rings (SSSR count). The van der Waals surface area contributed by atoms with E-state index in [1.807, 2.05) is 12.1 Å². The average Bonchev–Trinajstić information content (AvgIpc) is 3.14. The molecule has 1 saturated heterocycles. The summed E-state index contributed by atoms with van der Waals surface area (Å²) in [6.45, 7) is 2.86. The van der Waals surface area contributed by atoms with E-state index in [0.717, 1.165) is 25.2 Å². The summed E-state index contributed by atoms with van der Waals surface area (Å²) < 4.78 is 5.92. The topological polar surface area (TPSA) is 50.4 Å². The van der Waals surface area contributed by atoms with Crippen LogP contribution >= 0.6 is 12.4 Å². The largest absolute Gasteiger partial charge is 0.374 e. The lowest BCUT2D eigenvalue weighted by atomic mass is 9.93. The minimum atomic E-state index is 0. The fraction of sp³-hybridized carbons (Fsp3) is 0.650. The van der Waals surface area contributed by atoms with Gasteiger partial charge in [0.2, 0.25) is 5.91 Å². The van der Waals surface area contributed by atoms with Crippen molar-refractivity contribution in [1.82, 2.24) is 5.32 Å². The Kier molecular flexibility index (Phi) is 8.73. The number of amides is 1. The molecule has 2 aliphatic rings. The van der Waals surface area contributed by atoms with Gasteiger partial charge < -0.3 is 15.4 Å². The third-order valence-corrected chi connectivity index (χ3v) is 5.26. The number of halogens is 1. The smallest absolute Gasteiger partial charge is 0.224 e. The quantitative estimate of drug-likeness (QED) is 0.757. The third kappa shape index (κ3) is 6.96. The summed E-state index contributed by atoms with van der Waals surface area (Å²) in [5, 5.41) is 6.38. The van der Waals surface area contributed by atoms with Crippen LogP contribution < -0.4 is 10.6 Å². The molecule has 2 fully saturated rings. The zero-order valence-electron chi connectivity index (χ0n) is 15.0. The molecule has 0 spiro atoms. The number of carbonyl (C=O) groups is 1. The minimum Gasteiger partial charge on any atom is -0.374 e. The van der Waals surface area contributed by atoms with E-state index in [2.05, 4.69) is 22.8 Å². The predicted molar refractivity (Wildman–Crippen MR) is 104 cm³/mol. The molecule has 0 bridgehead atoms. The molecule has 1 aromatic carbocycles. The Hall–Kier alpha value is -1.10. The van der Waals surface area contributed by atoms with Crippen LogP contribution in [-0.2, 0) is 16.1 Å². The van der Waals surface area contributed by atoms with Crippen molar-refractivity contribution < 1.29 is 9.53 Å². The van der Waals surface area contributed by atoms with Crippen molar-refractivity contribution in [2.75, 3.05) is 18.4 Å². The number of ether oxygens (including phenoxy) is 1. The Morgan fingerprint density at radius 1 is 1.08 bits per heavy atom. The van der Waals surface area contributed by atoms with Crippen molar-refractivity contribution >= 4 is 24.0 Å². The van der Waals surface area contributed by atoms with Crippen LogP contribution in [0.25, 0.3) is 0 Å². The molecule has 0 atom stereocenters. The molecule has 140 valence electrons. The molecule has 0 unspecified atom stereocenters. The number of hydrogen-bond donors (Lipinski definition) is 2. The highest BCUT2D eigenvalue weighted by atomic mass is 35.5. The van der Waals surface area contributed by atoms with Gasteiger partial charge in [-0.25, -0.2) is 0 Å². The molecule has 0 radical (unpaired) electrons. The van der Waals surface area contributed by atoms with Crippen LogP contribution in [-0.4, -0.2) is 25.1 Å². The molecule has 1 amide bonds. The Bertz CT molecular complexity index is 509. The molecule has 0 aromatic heterocycles. The highest BCUT2D eigenvalue weighted by molar-refractivity contribution is 5.90. The molecule has 1 aliphatic heterocycles. The average molecular weight is 367 g/mol. The minimum absolute atomic E-state index is 0. The Morgan fingerprint density at radius 3 is 2.44 bits per heavy atom. The van der Waals surface area contributed by atoms with Gasteiger partial charge in [-0.1, -0.05) is 25.0 Å². The maximum absolute atomic E-state index is 12.1. The van der Waals surface area contributed by atoms with E-state index < -0.39 is 0 Å². The number of piperidine rings is 1. The normalized spacial score (nSPS) is 18.7. The second-order valence-corrected chi connectivity index (χ2v) is 7.19. The van der Waals surface area contributed by atoms with E-state index in [-0.39, 0.29) is 18.3 Å². The molecule has 1 aromatic rings. The van der Waals surface area contributed by atoms with Gasteiger partial charge in [0, 0.05) is 12.1 Å². The number of anilines is 1.